The van der Waals surface area contributed by atoms with Gasteiger partial charge in [0.2, 0.25) is 5.91 Å². The topological polar surface area (TPSA) is 66.4 Å². The van der Waals surface area contributed by atoms with Gasteiger partial charge in [-0.2, -0.15) is 11.8 Å². The smallest absolute Gasteiger partial charge is 0.326 e. The van der Waals surface area contributed by atoms with Gasteiger partial charge < -0.3 is 10.4 Å². The third kappa shape index (κ3) is 5.23. The Labute approximate surface area is 131 Å². The summed E-state index contributed by atoms with van der Waals surface area (Å²) in [5.74, 6) is -1.40. The maximum Gasteiger partial charge on any atom is 0.326 e. The lowest BCUT2D eigenvalue weighted by Gasteiger charge is -2.17. The summed E-state index contributed by atoms with van der Waals surface area (Å²) < 4.78 is 0. The number of rotatable bonds is 6. The molecular formula is C13H15Cl2NO3S. The molecule has 0 radical (unpaired) electrons. The molecule has 0 spiro atoms. The highest BCUT2D eigenvalue weighted by Crippen LogP contribution is 2.20. The van der Waals surface area contributed by atoms with Crippen LogP contribution in [0.25, 0.3) is 0 Å². The zero-order valence-electron chi connectivity index (χ0n) is 11.0. The first-order chi connectivity index (χ1) is 9.33. The first-order valence-corrected chi connectivity index (χ1v) is 7.88. The fraction of sp³-hybridized carbons (Fsp3) is 0.385. The van der Waals surface area contributed by atoms with Gasteiger partial charge in [0.25, 0.3) is 0 Å². The molecule has 0 aromatic heterocycles. The Hall–Kier alpha value is -0.910. The molecule has 0 aliphatic carbocycles. The van der Waals surface area contributed by atoms with Crippen LogP contribution in [0, 0.1) is 0 Å². The van der Waals surface area contributed by atoms with Crippen molar-refractivity contribution in [3.8, 4) is 0 Å². The number of amides is 1. The Bertz CT molecular complexity index is 490. The average Bonchev–Trinajstić information content (AvgIpc) is 2.35. The van der Waals surface area contributed by atoms with Crippen LogP contribution in [0.15, 0.2) is 18.2 Å². The van der Waals surface area contributed by atoms with E-state index in [9.17, 15) is 14.7 Å². The zero-order valence-corrected chi connectivity index (χ0v) is 13.4. The van der Waals surface area contributed by atoms with E-state index in [1.807, 2.05) is 0 Å². The van der Waals surface area contributed by atoms with Crippen molar-refractivity contribution in [2.75, 3.05) is 6.26 Å². The Balaban J connectivity index is 2.82. The van der Waals surface area contributed by atoms with Crippen LogP contribution in [-0.2, 0) is 16.0 Å². The van der Waals surface area contributed by atoms with Gasteiger partial charge in [0.05, 0.1) is 5.25 Å². The van der Waals surface area contributed by atoms with Gasteiger partial charge in [-0.05, 0) is 36.9 Å². The Morgan fingerprint density at radius 2 is 1.85 bits per heavy atom. The fourth-order valence-electron chi connectivity index (χ4n) is 1.56. The standard InChI is InChI=1S/C13H15Cl2NO3S/c1-7(20-2)12(17)16-11(13(18)19)5-8-3-9(14)6-10(15)4-8/h3-4,6-7,11H,5H2,1-2H3,(H,16,17)(H,18,19). The number of carbonyl (C=O) groups is 2. The van der Waals surface area contributed by atoms with Gasteiger partial charge in [0.15, 0.2) is 0 Å². The lowest BCUT2D eigenvalue weighted by molar-refractivity contribution is -0.141. The molecule has 0 aliphatic heterocycles. The summed E-state index contributed by atoms with van der Waals surface area (Å²) in [4.78, 5) is 23.0. The van der Waals surface area contributed by atoms with Gasteiger partial charge in [-0.15, -0.1) is 0 Å². The van der Waals surface area contributed by atoms with E-state index < -0.39 is 12.0 Å². The molecule has 0 bridgehead atoms. The Morgan fingerprint density at radius 1 is 1.30 bits per heavy atom. The van der Waals surface area contributed by atoms with Crippen LogP contribution < -0.4 is 5.32 Å². The number of halogens is 2. The quantitative estimate of drug-likeness (QED) is 0.838. The summed E-state index contributed by atoms with van der Waals surface area (Å²) in [7, 11) is 0. The number of nitrogens with one attached hydrogen (secondary N) is 1. The third-order valence-electron chi connectivity index (χ3n) is 2.70. The number of benzene rings is 1. The lowest BCUT2D eigenvalue weighted by atomic mass is 10.1. The predicted octanol–water partition coefficient (Wildman–Crippen LogP) is 2.86. The normalized spacial score (nSPS) is 13.6. The van der Waals surface area contributed by atoms with Crippen molar-refractivity contribution in [1.29, 1.82) is 0 Å². The molecule has 4 nitrogen and oxygen atoms in total. The summed E-state index contributed by atoms with van der Waals surface area (Å²) >= 11 is 13.1. The number of aliphatic carboxylic acids is 1. The number of hydrogen-bond donors (Lipinski definition) is 2. The van der Waals surface area contributed by atoms with Gasteiger partial charge in [-0.25, -0.2) is 4.79 Å². The molecule has 0 fully saturated rings. The molecular weight excluding hydrogens is 321 g/mol. The largest absolute Gasteiger partial charge is 0.480 e. The minimum Gasteiger partial charge on any atom is -0.480 e. The lowest BCUT2D eigenvalue weighted by Crippen LogP contribution is -2.45. The van der Waals surface area contributed by atoms with Gasteiger partial charge in [-0.1, -0.05) is 23.2 Å². The second kappa shape index (κ2) is 7.76. The van der Waals surface area contributed by atoms with E-state index in [2.05, 4.69) is 5.32 Å². The first kappa shape index (κ1) is 17.1. The summed E-state index contributed by atoms with van der Waals surface area (Å²) in [6.07, 6.45) is 1.92. The van der Waals surface area contributed by atoms with E-state index in [1.165, 1.54) is 11.8 Å². The summed E-state index contributed by atoms with van der Waals surface area (Å²) in [6, 6.07) is 3.82. The molecule has 20 heavy (non-hydrogen) atoms. The van der Waals surface area contributed by atoms with Crippen LogP contribution in [0.1, 0.15) is 12.5 Å². The first-order valence-electron chi connectivity index (χ1n) is 5.84. The zero-order chi connectivity index (χ0) is 15.3. The predicted molar refractivity (Wildman–Crippen MR) is 82.7 cm³/mol. The van der Waals surface area contributed by atoms with Crippen molar-refractivity contribution in [3.05, 3.63) is 33.8 Å². The average molecular weight is 336 g/mol. The molecule has 0 saturated carbocycles. The summed E-state index contributed by atoms with van der Waals surface area (Å²) in [5.41, 5.74) is 0.659. The molecule has 7 heteroatoms. The van der Waals surface area contributed by atoms with Crippen molar-refractivity contribution in [2.45, 2.75) is 24.6 Å². The molecule has 2 atom stereocenters. The maximum atomic E-state index is 11.8. The molecule has 1 aromatic carbocycles. The molecule has 1 amide bonds. The molecule has 0 aliphatic rings. The van der Waals surface area contributed by atoms with Crippen molar-refractivity contribution < 1.29 is 14.7 Å². The Morgan fingerprint density at radius 3 is 2.30 bits per heavy atom. The minimum atomic E-state index is -1.09. The van der Waals surface area contributed by atoms with E-state index in [0.717, 1.165) is 0 Å². The molecule has 110 valence electrons. The number of hydrogen-bond acceptors (Lipinski definition) is 3. The second-order valence-corrected chi connectivity index (χ2v) is 6.31. The van der Waals surface area contributed by atoms with Crippen molar-refractivity contribution in [3.63, 3.8) is 0 Å². The van der Waals surface area contributed by atoms with E-state index in [0.29, 0.717) is 15.6 Å². The molecule has 2 unspecified atom stereocenters. The summed E-state index contributed by atoms with van der Waals surface area (Å²) in [6.45, 7) is 1.72. The maximum absolute atomic E-state index is 11.8. The van der Waals surface area contributed by atoms with Gasteiger partial charge in [0.1, 0.15) is 6.04 Å². The molecule has 1 aromatic rings. The number of carboxylic acids is 1. The van der Waals surface area contributed by atoms with Crippen LogP contribution >= 0.6 is 35.0 Å². The highest BCUT2D eigenvalue weighted by atomic mass is 35.5. The SMILES string of the molecule is CSC(C)C(=O)NC(Cc1cc(Cl)cc(Cl)c1)C(=O)O. The van der Waals surface area contributed by atoms with E-state index in [-0.39, 0.29) is 17.6 Å². The van der Waals surface area contributed by atoms with Crippen molar-refractivity contribution in [1.82, 2.24) is 5.32 Å². The number of carboxylic acid groups (broad SMARTS) is 1. The molecule has 1 rings (SSSR count). The van der Waals surface area contributed by atoms with E-state index in [1.54, 1.807) is 31.4 Å². The van der Waals surface area contributed by atoms with Crippen LogP contribution in [0.2, 0.25) is 10.0 Å². The van der Waals surface area contributed by atoms with Crippen LogP contribution in [0.4, 0.5) is 0 Å². The van der Waals surface area contributed by atoms with E-state index >= 15 is 0 Å². The van der Waals surface area contributed by atoms with Gasteiger partial charge in [0, 0.05) is 16.5 Å². The molecule has 2 N–H and O–H groups in total. The number of thioether (sulfide) groups is 1. The van der Waals surface area contributed by atoms with E-state index in [4.69, 9.17) is 23.2 Å². The van der Waals surface area contributed by atoms with Crippen molar-refractivity contribution in [2.24, 2.45) is 0 Å². The van der Waals surface area contributed by atoms with Gasteiger partial charge >= 0.3 is 5.97 Å². The number of carbonyl (C=O) groups excluding carboxylic acids is 1. The van der Waals surface area contributed by atoms with Crippen LogP contribution in [-0.4, -0.2) is 34.5 Å². The molecule has 0 saturated heterocycles. The second-order valence-electron chi connectivity index (χ2n) is 4.26. The minimum absolute atomic E-state index is 0.127. The third-order valence-corrected chi connectivity index (χ3v) is 4.06. The highest BCUT2D eigenvalue weighted by Gasteiger charge is 2.23. The van der Waals surface area contributed by atoms with Gasteiger partial charge in [-0.3, -0.25) is 4.79 Å². The van der Waals surface area contributed by atoms with Crippen LogP contribution in [0.3, 0.4) is 0 Å². The fourth-order valence-corrected chi connectivity index (χ4v) is 2.41. The highest BCUT2D eigenvalue weighted by molar-refractivity contribution is 7.99. The Kier molecular flexibility index (Phi) is 6.65. The van der Waals surface area contributed by atoms with Crippen LogP contribution in [0.5, 0.6) is 0 Å². The molecule has 0 heterocycles. The monoisotopic (exact) mass is 335 g/mol. The van der Waals surface area contributed by atoms with Crippen molar-refractivity contribution >= 4 is 46.8 Å². The summed E-state index contributed by atoms with van der Waals surface area (Å²) in [5, 5.41) is 12.3.